The van der Waals surface area contributed by atoms with E-state index in [1.165, 1.54) is 0 Å². The van der Waals surface area contributed by atoms with Crippen molar-refractivity contribution < 1.29 is 4.79 Å². The molecule has 0 aliphatic heterocycles. The first kappa shape index (κ1) is 13.5. The van der Waals surface area contributed by atoms with Gasteiger partial charge in [-0.25, -0.2) is 4.98 Å². The zero-order valence-electron chi connectivity index (χ0n) is 11.3. The molecular weight excluding hydrogens is 236 g/mol. The molecule has 3 nitrogen and oxygen atoms in total. The molecule has 1 heterocycles. The fourth-order valence-corrected chi connectivity index (χ4v) is 2.30. The molecule has 0 aliphatic rings. The molecule has 3 heteroatoms. The van der Waals surface area contributed by atoms with Crippen molar-refractivity contribution in [2.45, 2.75) is 38.6 Å². The van der Waals surface area contributed by atoms with E-state index >= 15 is 0 Å². The van der Waals surface area contributed by atoms with Gasteiger partial charge in [-0.2, -0.15) is 0 Å². The molecular formula is C16H20N2O. The van der Waals surface area contributed by atoms with E-state index < -0.39 is 0 Å². The Bertz CT molecular complexity index is 504. The monoisotopic (exact) mass is 256 g/mol. The predicted octanol–water partition coefficient (Wildman–Crippen LogP) is 3.34. The van der Waals surface area contributed by atoms with Crippen LogP contribution < -0.4 is 0 Å². The van der Waals surface area contributed by atoms with Gasteiger partial charge in [-0.1, -0.05) is 36.8 Å². The van der Waals surface area contributed by atoms with Gasteiger partial charge in [0, 0.05) is 24.9 Å². The molecule has 0 fully saturated rings. The van der Waals surface area contributed by atoms with E-state index in [1.54, 1.807) is 0 Å². The van der Waals surface area contributed by atoms with Gasteiger partial charge in [0.05, 0.1) is 0 Å². The molecule has 1 atom stereocenters. The summed E-state index contributed by atoms with van der Waals surface area (Å²) in [5, 5.41) is 0. The molecule has 0 spiro atoms. The molecule has 19 heavy (non-hydrogen) atoms. The molecule has 100 valence electrons. The highest BCUT2D eigenvalue weighted by atomic mass is 16.1. The van der Waals surface area contributed by atoms with Crippen LogP contribution in [0.25, 0.3) is 0 Å². The summed E-state index contributed by atoms with van der Waals surface area (Å²) in [6.07, 6.45) is 7.95. The number of aldehydes is 1. The highest BCUT2D eigenvalue weighted by molar-refractivity contribution is 5.61. The molecule has 2 aromatic rings. The lowest BCUT2D eigenvalue weighted by Crippen LogP contribution is -2.03. The van der Waals surface area contributed by atoms with Crippen molar-refractivity contribution >= 4 is 6.29 Å². The Balaban J connectivity index is 1.78. The molecule has 0 N–H and O–H groups in total. The molecule has 1 aromatic heterocycles. The van der Waals surface area contributed by atoms with Crippen molar-refractivity contribution in [2.24, 2.45) is 0 Å². The van der Waals surface area contributed by atoms with Crippen molar-refractivity contribution in [2.75, 3.05) is 0 Å². The first-order valence-corrected chi connectivity index (χ1v) is 6.79. The van der Waals surface area contributed by atoms with E-state index in [0.717, 1.165) is 43.5 Å². The Morgan fingerprint density at radius 3 is 2.68 bits per heavy atom. The number of carbonyl (C=O) groups is 1. The van der Waals surface area contributed by atoms with Crippen LogP contribution in [-0.2, 0) is 11.3 Å². The summed E-state index contributed by atoms with van der Waals surface area (Å²) in [5.74, 6) is 1.08. The molecule has 0 aliphatic carbocycles. The number of imidazole rings is 1. The summed E-state index contributed by atoms with van der Waals surface area (Å²) in [6.45, 7) is 2.99. The minimum atomic E-state index is 0.0325. The number of carbonyl (C=O) groups excluding carboxylic acids is 1. The van der Waals surface area contributed by atoms with E-state index in [1.807, 2.05) is 49.6 Å². The third kappa shape index (κ3) is 3.78. The minimum absolute atomic E-state index is 0.0325. The zero-order chi connectivity index (χ0) is 13.5. The SMILES string of the molecule is Cc1nccn1CCCCC(C=O)c1ccccc1. The van der Waals surface area contributed by atoms with Crippen LogP contribution in [0.15, 0.2) is 42.7 Å². The fourth-order valence-electron chi connectivity index (χ4n) is 2.30. The number of nitrogens with zero attached hydrogens (tertiary/aromatic N) is 2. The van der Waals surface area contributed by atoms with Gasteiger partial charge < -0.3 is 9.36 Å². The number of hydrogen-bond donors (Lipinski definition) is 0. The summed E-state index contributed by atoms with van der Waals surface area (Å²) >= 11 is 0. The van der Waals surface area contributed by atoms with Gasteiger partial charge in [-0.3, -0.25) is 0 Å². The van der Waals surface area contributed by atoms with Crippen LogP contribution in [0.4, 0.5) is 0 Å². The summed E-state index contributed by atoms with van der Waals surface area (Å²) in [7, 11) is 0. The van der Waals surface area contributed by atoms with Crippen molar-refractivity contribution in [1.82, 2.24) is 9.55 Å². The summed E-state index contributed by atoms with van der Waals surface area (Å²) in [6, 6.07) is 10.0. The number of benzene rings is 1. The zero-order valence-corrected chi connectivity index (χ0v) is 11.3. The molecule has 0 radical (unpaired) electrons. The van der Waals surface area contributed by atoms with E-state index in [4.69, 9.17) is 0 Å². The predicted molar refractivity (Wildman–Crippen MR) is 76.1 cm³/mol. The lowest BCUT2D eigenvalue weighted by Gasteiger charge is -2.11. The van der Waals surface area contributed by atoms with Crippen molar-refractivity contribution in [3.63, 3.8) is 0 Å². The lowest BCUT2D eigenvalue weighted by atomic mass is 9.95. The standard InChI is InChI=1S/C16H20N2O/c1-14-17-10-12-18(14)11-6-5-9-16(13-19)15-7-3-2-4-8-15/h2-4,7-8,10,12-13,16H,5-6,9,11H2,1H3. The Morgan fingerprint density at radius 2 is 2.05 bits per heavy atom. The van der Waals surface area contributed by atoms with Crippen LogP contribution in [0.1, 0.15) is 36.6 Å². The topological polar surface area (TPSA) is 34.9 Å². The van der Waals surface area contributed by atoms with E-state index in [0.29, 0.717) is 0 Å². The quantitative estimate of drug-likeness (QED) is 0.562. The van der Waals surface area contributed by atoms with Crippen molar-refractivity contribution in [1.29, 1.82) is 0 Å². The fraction of sp³-hybridized carbons (Fsp3) is 0.375. The highest BCUT2D eigenvalue weighted by Gasteiger charge is 2.09. The average molecular weight is 256 g/mol. The molecule has 0 bridgehead atoms. The molecule has 0 saturated carbocycles. The number of aryl methyl sites for hydroxylation is 2. The van der Waals surface area contributed by atoms with Gasteiger partial charge in [0.15, 0.2) is 0 Å². The van der Waals surface area contributed by atoms with Crippen LogP contribution in [-0.4, -0.2) is 15.8 Å². The van der Waals surface area contributed by atoms with Crippen LogP contribution in [0.5, 0.6) is 0 Å². The lowest BCUT2D eigenvalue weighted by molar-refractivity contribution is -0.109. The van der Waals surface area contributed by atoms with Crippen molar-refractivity contribution in [3.8, 4) is 0 Å². The van der Waals surface area contributed by atoms with Gasteiger partial charge >= 0.3 is 0 Å². The van der Waals surface area contributed by atoms with E-state index in [-0.39, 0.29) is 5.92 Å². The Labute approximate surface area is 114 Å². The maximum Gasteiger partial charge on any atom is 0.127 e. The maximum atomic E-state index is 11.2. The van der Waals surface area contributed by atoms with Crippen LogP contribution in [0.3, 0.4) is 0 Å². The largest absolute Gasteiger partial charge is 0.335 e. The minimum Gasteiger partial charge on any atom is -0.335 e. The summed E-state index contributed by atoms with van der Waals surface area (Å²) in [5.41, 5.74) is 1.12. The summed E-state index contributed by atoms with van der Waals surface area (Å²) < 4.78 is 2.15. The first-order valence-electron chi connectivity index (χ1n) is 6.79. The molecule has 1 aromatic carbocycles. The van der Waals surface area contributed by atoms with Gasteiger partial charge in [-0.05, 0) is 25.3 Å². The smallest absolute Gasteiger partial charge is 0.127 e. The molecule has 1 unspecified atom stereocenters. The third-order valence-electron chi connectivity index (χ3n) is 3.48. The van der Waals surface area contributed by atoms with Crippen LogP contribution in [0, 0.1) is 6.92 Å². The third-order valence-corrected chi connectivity index (χ3v) is 3.48. The molecule has 0 saturated heterocycles. The highest BCUT2D eigenvalue weighted by Crippen LogP contribution is 2.19. The Hall–Kier alpha value is -1.90. The van der Waals surface area contributed by atoms with Crippen LogP contribution >= 0.6 is 0 Å². The van der Waals surface area contributed by atoms with E-state index in [9.17, 15) is 4.79 Å². The Kier molecular flexibility index (Phi) is 4.90. The number of hydrogen-bond acceptors (Lipinski definition) is 2. The summed E-state index contributed by atoms with van der Waals surface area (Å²) in [4.78, 5) is 15.4. The normalized spacial score (nSPS) is 12.3. The van der Waals surface area contributed by atoms with E-state index in [2.05, 4.69) is 9.55 Å². The second-order valence-corrected chi connectivity index (χ2v) is 4.82. The number of unbranched alkanes of at least 4 members (excludes halogenated alkanes) is 1. The first-order chi connectivity index (χ1) is 9.31. The number of aromatic nitrogens is 2. The second-order valence-electron chi connectivity index (χ2n) is 4.82. The van der Waals surface area contributed by atoms with Crippen molar-refractivity contribution in [3.05, 3.63) is 54.1 Å². The van der Waals surface area contributed by atoms with Gasteiger partial charge in [0.1, 0.15) is 12.1 Å². The van der Waals surface area contributed by atoms with Gasteiger partial charge in [0.2, 0.25) is 0 Å². The Morgan fingerprint density at radius 1 is 1.26 bits per heavy atom. The maximum absolute atomic E-state index is 11.2. The second kappa shape index (κ2) is 6.88. The average Bonchev–Trinajstić information content (AvgIpc) is 2.85. The van der Waals surface area contributed by atoms with Gasteiger partial charge in [-0.15, -0.1) is 0 Å². The van der Waals surface area contributed by atoms with Crippen LogP contribution in [0.2, 0.25) is 0 Å². The van der Waals surface area contributed by atoms with Gasteiger partial charge in [0.25, 0.3) is 0 Å². The number of rotatable bonds is 7. The molecule has 2 rings (SSSR count). The molecule has 0 amide bonds.